The summed E-state index contributed by atoms with van der Waals surface area (Å²) in [5.41, 5.74) is 4.85. The highest BCUT2D eigenvalue weighted by Gasteiger charge is 2.38. The van der Waals surface area contributed by atoms with E-state index in [9.17, 15) is 9.59 Å². The Bertz CT molecular complexity index is 340. The summed E-state index contributed by atoms with van der Waals surface area (Å²) in [5, 5.41) is 2.29. The largest absolute Gasteiger partial charge is 0.419 e. The summed E-state index contributed by atoms with van der Waals surface area (Å²) in [7, 11) is 0. The molecule has 0 atom stereocenters. The molecular formula is C8H10N2O4S. The predicted octanol–water partition coefficient (Wildman–Crippen LogP) is -0.460. The van der Waals surface area contributed by atoms with Crippen LogP contribution in [0.5, 0.6) is 0 Å². The van der Waals surface area contributed by atoms with Gasteiger partial charge in [-0.3, -0.25) is 0 Å². The highest BCUT2D eigenvalue weighted by Crippen LogP contribution is 2.21. The van der Waals surface area contributed by atoms with E-state index in [0.29, 0.717) is 0 Å². The van der Waals surface area contributed by atoms with Crippen LogP contribution in [0.4, 0.5) is 0 Å². The van der Waals surface area contributed by atoms with Gasteiger partial charge < -0.3 is 20.5 Å². The van der Waals surface area contributed by atoms with Crippen molar-refractivity contribution in [3.05, 3.63) is 11.8 Å². The fourth-order valence-corrected chi connectivity index (χ4v) is 0.981. The average molecular weight is 230 g/mol. The monoisotopic (exact) mass is 230 g/mol. The molecule has 0 unspecified atom stereocenters. The molecule has 0 spiro atoms. The molecule has 82 valence electrons. The number of esters is 2. The number of nitrogens with one attached hydrogen (secondary N) is 1. The van der Waals surface area contributed by atoms with E-state index in [2.05, 4.69) is 17.5 Å². The first-order valence-electron chi connectivity index (χ1n) is 4.04. The van der Waals surface area contributed by atoms with Gasteiger partial charge in [0, 0.05) is 20.0 Å². The Kier molecular flexibility index (Phi) is 2.94. The van der Waals surface area contributed by atoms with E-state index < -0.39 is 17.7 Å². The van der Waals surface area contributed by atoms with E-state index in [1.807, 2.05) is 0 Å². The zero-order valence-electron chi connectivity index (χ0n) is 8.20. The Morgan fingerprint density at radius 2 is 1.87 bits per heavy atom. The van der Waals surface area contributed by atoms with Gasteiger partial charge in [-0.25, -0.2) is 9.59 Å². The normalized spacial score (nSPS) is 18.9. The molecule has 1 aliphatic heterocycles. The molecule has 0 aromatic heterocycles. The van der Waals surface area contributed by atoms with Crippen LogP contribution in [0.2, 0.25) is 0 Å². The molecule has 15 heavy (non-hydrogen) atoms. The molecule has 1 saturated heterocycles. The number of nitrogens with two attached hydrogens (primary N) is 1. The van der Waals surface area contributed by atoms with Gasteiger partial charge in [0.25, 0.3) is 5.79 Å². The third-order valence-electron chi connectivity index (χ3n) is 1.48. The van der Waals surface area contributed by atoms with Crippen molar-refractivity contribution >= 4 is 29.3 Å². The zero-order valence-corrected chi connectivity index (χ0v) is 9.01. The highest BCUT2D eigenvalue weighted by molar-refractivity contribution is 7.80. The van der Waals surface area contributed by atoms with Gasteiger partial charge in [0.2, 0.25) is 0 Å². The number of carbonyl (C=O) groups excluding carboxylic acids is 2. The molecule has 0 saturated carbocycles. The lowest BCUT2D eigenvalue weighted by Gasteiger charge is -2.29. The van der Waals surface area contributed by atoms with E-state index >= 15 is 0 Å². The summed E-state index contributed by atoms with van der Waals surface area (Å²) < 4.78 is 9.63. The smallest absolute Gasteiger partial charge is 0.350 e. The summed E-state index contributed by atoms with van der Waals surface area (Å²) in [5.74, 6) is -2.80. The van der Waals surface area contributed by atoms with Crippen molar-refractivity contribution in [1.29, 1.82) is 0 Å². The lowest BCUT2D eigenvalue weighted by Crippen LogP contribution is -2.42. The summed E-state index contributed by atoms with van der Waals surface area (Å²) in [4.78, 5) is 22.6. The lowest BCUT2D eigenvalue weighted by molar-refractivity contribution is -0.222. The van der Waals surface area contributed by atoms with Gasteiger partial charge in [-0.1, -0.05) is 0 Å². The Labute approximate surface area is 91.4 Å². The van der Waals surface area contributed by atoms with Gasteiger partial charge in [-0.15, -0.1) is 0 Å². The molecule has 0 aliphatic carbocycles. The standard InChI is InChI=1S/C8H10N2O4S/c1-8(2)13-5(11)4(6(12)14-8)3-10-7(9)15/h3H,1-2H3,(H3,9,10,15). The van der Waals surface area contributed by atoms with Crippen LogP contribution in [-0.2, 0) is 19.1 Å². The van der Waals surface area contributed by atoms with E-state index in [0.717, 1.165) is 6.20 Å². The number of rotatable bonds is 1. The SMILES string of the molecule is CC1(C)OC(=O)C(=CNC(N)=S)C(=O)O1. The summed E-state index contributed by atoms with van der Waals surface area (Å²) in [6, 6.07) is 0. The Morgan fingerprint density at radius 1 is 1.40 bits per heavy atom. The third kappa shape index (κ3) is 2.91. The summed E-state index contributed by atoms with van der Waals surface area (Å²) in [6.45, 7) is 2.92. The van der Waals surface area contributed by atoms with Crippen LogP contribution in [0.25, 0.3) is 0 Å². The quantitative estimate of drug-likeness (QED) is 0.272. The van der Waals surface area contributed by atoms with Gasteiger partial charge in [0.1, 0.15) is 0 Å². The first kappa shape index (κ1) is 11.4. The summed E-state index contributed by atoms with van der Waals surface area (Å²) >= 11 is 4.50. The second-order valence-electron chi connectivity index (χ2n) is 3.25. The van der Waals surface area contributed by atoms with E-state index in [-0.39, 0.29) is 10.7 Å². The van der Waals surface area contributed by atoms with Crippen molar-refractivity contribution < 1.29 is 19.1 Å². The van der Waals surface area contributed by atoms with Gasteiger partial charge in [0.15, 0.2) is 10.7 Å². The summed E-state index contributed by atoms with van der Waals surface area (Å²) in [6.07, 6.45) is 1.06. The van der Waals surface area contributed by atoms with E-state index in [1.54, 1.807) is 0 Å². The maximum absolute atomic E-state index is 11.3. The van der Waals surface area contributed by atoms with Crippen LogP contribution < -0.4 is 11.1 Å². The highest BCUT2D eigenvalue weighted by atomic mass is 32.1. The van der Waals surface area contributed by atoms with Crippen molar-refractivity contribution in [3.8, 4) is 0 Å². The molecule has 6 nitrogen and oxygen atoms in total. The molecule has 3 N–H and O–H groups in total. The number of hydrogen-bond donors (Lipinski definition) is 2. The van der Waals surface area contributed by atoms with Crippen molar-refractivity contribution in [2.45, 2.75) is 19.6 Å². The number of hydrogen-bond acceptors (Lipinski definition) is 5. The van der Waals surface area contributed by atoms with Crippen molar-refractivity contribution in [3.63, 3.8) is 0 Å². The molecule has 1 rings (SSSR count). The molecule has 0 aromatic rings. The fourth-order valence-electron chi connectivity index (χ4n) is 0.922. The van der Waals surface area contributed by atoms with Crippen LogP contribution in [0.3, 0.4) is 0 Å². The van der Waals surface area contributed by atoms with Crippen molar-refractivity contribution in [2.75, 3.05) is 0 Å². The van der Waals surface area contributed by atoms with Gasteiger partial charge in [-0.05, 0) is 12.2 Å². The fraction of sp³-hybridized carbons (Fsp3) is 0.375. The maximum atomic E-state index is 11.3. The molecule has 0 amide bonds. The average Bonchev–Trinajstić information content (AvgIpc) is 1.98. The molecule has 0 aromatic carbocycles. The van der Waals surface area contributed by atoms with Crippen LogP contribution in [0.15, 0.2) is 11.8 Å². The van der Waals surface area contributed by atoms with E-state index in [4.69, 9.17) is 15.2 Å². The zero-order chi connectivity index (χ0) is 11.6. The lowest BCUT2D eigenvalue weighted by atomic mass is 10.2. The van der Waals surface area contributed by atoms with Crippen molar-refractivity contribution in [2.24, 2.45) is 5.73 Å². The number of ether oxygens (including phenoxy) is 2. The Morgan fingerprint density at radius 3 is 2.27 bits per heavy atom. The van der Waals surface area contributed by atoms with Gasteiger partial charge >= 0.3 is 11.9 Å². The molecule has 0 bridgehead atoms. The Balaban J connectivity index is 2.84. The van der Waals surface area contributed by atoms with Crippen LogP contribution in [0, 0.1) is 0 Å². The molecule has 1 fully saturated rings. The minimum atomic E-state index is -1.24. The number of cyclic esters (lactones) is 2. The molecule has 7 heteroatoms. The minimum absolute atomic E-state index is 0.0621. The second-order valence-corrected chi connectivity index (χ2v) is 3.69. The third-order valence-corrected chi connectivity index (χ3v) is 1.59. The molecular weight excluding hydrogens is 220 g/mol. The first-order valence-corrected chi connectivity index (χ1v) is 4.45. The maximum Gasteiger partial charge on any atom is 0.350 e. The van der Waals surface area contributed by atoms with Crippen molar-refractivity contribution in [1.82, 2.24) is 5.32 Å². The second kappa shape index (κ2) is 3.85. The molecule has 1 aliphatic rings. The van der Waals surface area contributed by atoms with Gasteiger partial charge in [-0.2, -0.15) is 0 Å². The number of carbonyl (C=O) groups is 2. The van der Waals surface area contributed by atoms with Crippen LogP contribution in [-0.4, -0.2) is 22.8 Å². The Hall–Kier alpha value is -1.63. The van der Waals surface area contributed by atoms with E-state index in [1.165, 1.54) is 13.8 Å². The predicted molar refractivity (Wildman–Crippen MR) is 54.3 cm³/mol. The molecule has 0 radical (unpaired) electrons. The first-order chi connectivity index (χ1) is 6.82. The van der Waals surface area contributed by atoms with Crippen LogP contribution in [0.1, 0.15) is 13.8 Å². The molecule has 1 heterocycles. The van der Waals surface area contributed by atoms with Crippen LogP contribution >= 0.6 is 12.2 Å². The minimum Gasteiger partial charge on any atom is -0.419 e. The van der Waals surface area contributed by atoms with Gasteiger partial charge in [0.05, 0.1) is 0 Å². The topological polar surface area (TPSA) is 90.6 Å². The number of thiocarbonyl (C=S) groups is 1.